The lowest BCUT2D eigenvalue weighted by atomic mass is 9.92. The molecule has 0 aromatic rings. The first-order valence-corrected chi connectivity index (χ1v) is 7.63. The van der Waals surface area contributed by atoms with E-state index in [9.17, 15) is 9.59 Å². The van der Waals surface area contributed by atoms with Crippen molar-refractivity contribution >= 4 is 11.9 Å². The lowest BCUT2D eigenvalue weighted by molar-refractivity contribution is -0.142. The summed E-state index contributed by atoms with van der Waals surface area (Å²) in [4.78, 5) is 25.4. The van der Waals surface area contributed by atoms with E-state index in [4.69, 9.17) is 5.11 Å². The van der Waals surface area contributed by atoms with Gasteiger partial charge in [0, 0.05) is 19.0 Å². The molecule has 0 spiro atoms. The fourth-order valence-electron chi connectivity index (χ4n) is 3.60. The summed E-state index contributed by atoms with van der Waals surface area (Å²) in [5.41, 5.74) is 0. The van der Waals surface area contributed by atoms with Crippen molar-refractivity contribution < 1.29 is 14.7 Å². The van der Waals surface area contributed by atoms with Crippen molar-refractivity contribution in [1.29, 1.82) is 0 Å². The number of carbonyl (C=O) groups is 2. The molecule has 1 heterocycles. The van der Waals surface area contributed by atoms with Crippen LogP contribution in [0.2, 0.25) is 0 Å². The minimum atomic E-state index is -0.738. The van der Waals surface area contributed by atoms with Crippen LogP contribution in [-0.2, 0) is 9.59 Å². The monoisotopic (exact) mass is 267 g/mol. The Hall–Kier alpha value is -1.06. The highest BCUT2D eigenvalue weighted by Crippen LogP contribution is 2.33. The minimum absolute atomic E-state index is 0.0403. The molecule has 2 rings (SSSR count). The van der Waals surface area contributed by atoms with Gasteiger partial charge in [0.2, 0.25) is 5.91 Å². The summed E-state index contributed by atoms with van der Waals surface area (Å²) in [5.74, 6) is -0.214. The number of carboxylic acid groups (broad SMARTS) is 1. The summed E-state index contributed by atoms with van der Waals surface area (Å²) in [6, 6.07) is 0. The van der Waals surface area contributed by atoms with Crippen LogP contribution in [0.4, 0.5) is 0 Å². The first-order chi connectivity index (χ1) is 9.11. The predicted molar refractivity (Wildman–Crippen MR) is 72.7 cm³/mol. The van der Waals surface area contributed by atoms with Crippen molar-refractivity contribution in [2.24, 2.45) is 17.8 Å². The molecule has 2 fully saturated rings. The maximum atomic E-state index is 12.5. The summed E-state index contributed by atoms with van der Waals surface area (Å²) in [6.07, 6.45) is 6.68. The third-order valence-corrected chi connectivity index (χ3v) is 4.66. The van der Waals surface area contributed by atoms with Crippen LogP contribution in [0.15, 0.2) is 0 Å². The maximum absolute atomic E-state index is 12.5. The molecule has 1 unspecified atom stereocenters. The smallest absolute Gasteiger partial charge is 0.306 e. The highest BCUT2D eigenvalue weighted by molar-refractivity contribution is 5.81. The number of amides is 1. The number of rotatable bonds is 4. The zero-order valence-corrected chi connectivity index (χ0v) is 11.8. The fourth-order valence-corrected chi connectivity index (χ4v) is 3.60. The molecule has 1 saturated carbocycles. The van der Waals surface area contributed by atoms with E-state index >= 15 is 0 Å². The second kappa shape index (κ2) is 6.40. The topological polar surface area (TPSA) is 57.6 Å². The number of nitrogens with zero attached hydrogens (tertiary/aromatic N) is 1. The fraction of sp³-hybridized carbons (Fsp3) is 0.867. The SMILES string of the molecule is CCCC1CCCN(C(=O)[C@@H]2CC[C@H](C(=O)O)C2)C1. The molecule has 108 valence electrons. The van der Waals surface area contributed by atoms with E-state index in [1.165, 1.54) is 19.3 Å². The number of piperidine rings is 1. The van der Waals surface area contributed by atoms with Crippen molar-refractivity contribution in [3.05, 3.63) is 0 Å². The molecule has 1 saturated heterocycles. The van der Waals surface area contributed by atoms with Crippen molar-refractivity contribution in [2.45, 2.75) is 51.9 Å². The van der Waals surface area contributed by atoms with Crippen molar-refractivity contribution in [3.8, 4) is 0 Å². The van der Waals surface area contributed by atoms with E-state index in [2.05, 4.69) is 6.92 Å². The molecule has 1 N–H and O–H groups in total. The van der Waals surface area contributed by atoms with E-state index in [-0.39, 0.29) is 17.7 Å². The molecule has 1 amide bonds. The van der Waals surface area contributed by atoms with Crippen LogP contribution in [-0.4, -0.2) is 35.0 Å². The zero-order valence-electron chi connectivity index (χ0n) is 11.8. The Morgan fingerprint density at radius 2 is 1.95 bits per heavy atom. The Labute approximate surface area is 115 Å². The van der Waals surface area contributed by atoms with E-state index in [0.717, 1.165) is 25.9 Å². The molecular formula is C15H25NO3. The van der Waals surface area contributed by atoms with Gasteiger partial charge in [-0.1, -0.05) is 13.3 Å². The second-order valence-corrected chi connectivity index (χ2v) is 6.13. The van der Waals surface area contributed by atoms with Crippen LogP contribution in [0, 0.1) is 17.8 Å². The largest absolute Gasteiger partial charge is 0.481 e. The molecule has 4 nitrogen and oxygen atoms in total. The quantitative estimate of drug-likeness (QED) is 0.851. The molecular weight excluding hydrogens is 242 g/mol. The van der Waals surface area contributed by atoms with Crippen LogP contribution in [0.3, 0.4) is 0 Å². The molecule has 19 heavy (non-hydrogen) atoms. The van der Waals surface area contributed by atoms with Gasteiger partial charge in [-0.2, -0.15) is 0 Å². The van der Waals surface area contributed by atoms with Gasteiger partial charge in [-0.05, 0) is 44.4 Å². The molecule has 2 aliphatic rings. The van der Waals surface area contributed by atoms with E-state index < -0.39 is 5.97 Å². The summed E-state index contributed by atoms with van der Waals surface area (Å²) in [6.45, 7) is 3.95. The number of aliphatic carboxylic acids is 1. The Morgan fingerprint density at radius 1 is 1.21 bits per heavy atom. The summed E-state index contributed by atoms with van der Waals surface area (Å²) < 4.78 is 0. The lowest BCUT2D eigenvalue weighted by Gasteiger charge is -2.34. The van der Waals surface area contributed by atoms with Gasteiger partial charge >= 0.3 is 5.97 Å². The molecule has 3 atom stereocenters. The third-order valence-electron chi connectivity index (χ3n) is 4.66. The number of carboxylic acids is 1. The maximum Gasteiger partial charge on any atom is 0.306 e. The molecule has 0 aromatic heterocycles. The van der Waals surface area contributed by atoms with Crippen LogP contribution in [0.1, 0.15) is 51.9 Å². The van der Waals surface area contributed by atoms with Gasteiger partial charge < -0.3 is 10.0 Å². The first kappa shape index (κ1) is 14.4. The predicted octanol–water partition coefficient (Wildman–Crippen LogP) is 2.53. The van der Waals surface area contributed by atoms with E-state index in [0.29, 0.717) is 18.8 Å². The summed E-state index contributed by atoms with van der Waals surface area (Å²) >= 11 is 0. The highest BCUT2D eigenvalue weighted by Gasteiger charge is 2.36. The Bertz CT molecular complexity index is 340. The molecule has 0 aromatic carbocycles. The number of carbonyl (C=O) groups excluding carboxylic acids is 1. The first-order valence-electron chi connectivity index (χ1n) is 7.63. The van der Waals surface area contributed by atoms with Gasteiger partial charge in [-0.15, -0.1) is 0 Å². The summed E-state index contributed by atoms with van der Waals surface area (Å²) in [7, 11) is 0. The average Bonchev–Trinajstić information content (AvgIpc) is 2.88. The number of likely N-dealkylation sites (tertiary alicyclic amines) is 1. The molecule has 0 bridgehead atoms. The average molecular weight is 267 g/mol. The normalized spacial score (nSPS) is 31.4. The number of hydrogen-bond donors (Lipinski definition) is 1. The molecule has 4 heteroatoms. The van der Waals surface area contributed by atoms with Gasteiger partial charge in [0.1, 0.15) is 0 Å². The van der Waals surface area contributed by atoms with Crippen molar-refractivity contribution in [3.63, 3.8) is 0 Å². The standard InChI is InChI=1S/C15H25NO3/c1-2-4-11-5-3-8-16(10-11)14(17)12-6-7-13(9-12)15(18)19/h11-13H,2-10H2,1H3,(H,18,19)/t11?,12-,13+/m1/s1. The zero-order chi connectivity index (χ0) is 13.8. The number of hydrogen-bond acceptors (Lipinski definition) is 2. The van der Waals surface area contributed by atoms with Crippen LogP contribution >= 0.6 is 0 Å². The minimum Gasteiger partial charge on any atom is -0.481 e. The van der Waals surface area contributed by atoms with Crippen LogP contribution in [0.25, 0.3) is 0 Å². The van der Waals surface area contributed by atoms with E-state index in [1.807, 2.05) is 4.90 Å². The van der Waals surface area contributed by atoms with E-state index in [1.54, 1.807) is 0 Å². The molecule has 0 radical (unpaired) electrons. The second-order valence-electron chi connectivity index (χ2n) is 6.13. The highest BCUT2D eigenvalue weighted by atomic mass is 16.4. The van der Waals surface area contributed by atoms with Crippen LogP contribution < -0.4 is 0 Å². The van der Waals surface area contributed by atoms with Gasteiger partial charge in [-0.3, -0.25) is 9.59 Å². The molecule has 1 aliphatic carbocycles. The van der Waals surface area contributed by atoms with Crippen LogP contribution in [0.5, 0.6) is 0 Å². The van der Waals surface area contributed by atoms with Crippen molar-refractivity contribution in [2.75, 3.05) is 13.1 Å². The Balaban J connectivity index is 1.87. The van der Waals surface area contributed by atoms with Crippen molar-refractivity contribution in [1.82, 2.24) is 4.90 Å². The Morgan fingerprint density at radius 3 is 2.58 bits per heavy atom. The Kier molecular flexibility index (Phi) is 4.83. The molecule has 1 aliphatic heterocycles. The third kappa shape index (κ3) is 3.48. The summed E-state index contributed by atoms with van der Waals surface area (Å²) in [5, 5.41) is 9.01. The van der Waals surface area contributed by atoms with Gasteiger partial charge in [0.05, 0.1) is 5.92 Å². The lowest BCUT2D eigenvalue weighted by Crippen LogP contribution is -2.42. The van der Waals surface area contributed by atoms with Gasteiger partial charge in [0.25, 0.3) is 0 Å². The van der Waals surface area contributed by atoms with Gasteiger partial charge in [-0.25, -0.2) is 0 Å². The van der Waals surface area contributed by atoms with Gasteiger partial charge in [0.15, 0.2) is 0 Å².